The number of carbonyl (C=O) groups excluding carboxylic acids is 1. The summed E-state index contributed by atoms with van der Waals surface area (Å²) in [5.74, 6) is 0.000894. The number of H-pyrrole nitrogens is 1. The van der Waals surface area contributed by atoms with Gasteiger partial charge in [0.05, 0.1) is 24.0 Å². The van der Waals surface area contributed by atoms with Crippen LogP contribution in [0.1, 0.15) is 6.92 Å². The van der Waals surface area contributed by atoms with Gasteiger partial charge in [-0.1, -0.05) is 17.7 Å². The van der Waals surface area contributed by atoms with Gasteiger partial charge in [-0.15, -0.1) is 0 Å². The molecule has 142 valence electrons. The fraction of sp³-hybridized carbons (Fsp3) is 0.158. The van der Waals surface area contributed by atoms with Crippen molar-refractivity contribution >= 4 is 50.9 Å². The standard InChI is InChI=1S/C19H16ClN5O3/c1-2-28-16(26)9-25-7-6-11-12(4-3-5-14(11)25)23-18-17-13(8-15(20)24-18)21-10-22-19(17)27/h3-8,10H,2,9H2,1H3,(H,23,24)(H,21,22,27). The Morgan fingerprint density at radius 1 is 1.36 bits per heavy atom. The second-order valence-corrected chi connectivity index (χ2v) is 6.42. The molecule has 28 heavy (non-hydrogen) atoms. The molecule has 0 bridgehead atoms. The molecule has 4 rings (SSSR count). The summed E-state index contributed by atoms with van der Waals surface area (Å²) >= 11 is 6.09. The van der Waals surface area contributed by atoms with E-state index in [1.165, 1.54) is 12.4 Å². The topological polar surface area (TPSA) is 102 Å². The summed E-state index contributed by atoms with van der Waals surface area (Å²) in [6, 6.07) is 9.02. The van der Waals surface area contributed by atoms with E-state index in [-0.39, 0.29) is 23.2 Å². The number of aromatic amines is 1. The molecule has 0 amide bonds. The van der Waals surface area contributed by atoms with E-state index in [0.717, 1.165) is 16.6 Å². The number of hydrogen-bond acceptors (Lipinski definition) is 6. The van der Waals surface area contributed by atoms with E-state index in [0.29, 0.717) is 23.3 Å². The maximum atomic E-state index is 12.3. The van der Waals surface area contributed by atoms with Crippen LogP contribution >= 0.6 is 11.6 Å². The van der Waals surface area contributed by atoms with Gasteiger partial charge in [0, 0.05) is 23.3 Å². The van der Waals surface area contributed by atoms with Crippen LogP contribution in [0.5, 0.6) is 0 Å². The highest BCUT2D eigenvalue weighted by Crippen LogP contribution is 2.29. The molecule has 1 aromatic carbocycles. The summed E-state index contributed by atoms with van der Waals surface area (Å²) in [5, 5.41) is 4.58. The average Bonchev–Trinajstić information content (AvgIpc) is 3.05. The maximum Gasteiger partial charge on any atom is 0.325 e. The minimum Gasteiger partial charge on any atom is -0.465 e. The van der Waals surface area contributed by atoms with Gasteiger partial charge in [0.2, 0.25) is 0 Å². The van der Waals surface area contributed by atoms with Crippen molar-refractivity contribution in [2.24, 2.45) is 0 Å². The fourth-order valence-corrected chi connectivity index (χ4v) is 3.28. The number of hydrogen-bond donors (Lipinski definition) is 2. The van der Waals surface area contributed by atoms with Gasteiger partial charge in [-0.2, -0.15) is 0 Å². The summed E-state index contributed by atoms with van der Waals surface area (Å²) in [6.45, 7) is 2.22. The van der Waals surface area contributed by atoms with E-state index >= 15 is 0 Å². The molecule has 0 atom stereocenters. The number of aromatic nitrogens is 4. The molecule has 0 spiro atoms. The van der Waals surface area contributed by atoms with Gasteiger partial charge in [0.15, 0.2) is 0 Å². The van der Waals surface area contributed by atoms with Crippen molar-refractivity contribution in [2.75, 3.05) is 11.9 Å². The van der Waals surface area contributed by atoms with Crippen molar-refractivity contribution in [2.45, 2.75) is 13.5 Å². The first-order chi connectivity index (χ1) is 13.6. The molecule has 0 saturated carbocycles. The monoisotopic (exact) mass is 397 g/mol. The van der Waals surface area contributed by atoms with E-state index in [4.69, 9.17) is 16.3 Å². The van der Waals surface area contributed by atoms with Crippen LogP contribution in [-0.4, -0.2) is 32.1 Å². The number of carbonyl (C=O) groups is 1. The molecule has 0 aliphatic rings. The van der Waals surface area contributed by atoms with Crippen LogP contribution < -0.4 is 10.9 Å². The highest BCUT2D eigenvalue weighted by molar-refractivity contribution is 6.30. The van der Waals surface area contributed by atoms with E-state index in [1.807, 2.05) is 30.5 Å². The van der Waals surface area contributed by atoms with Crippen LogP contribution in [0, 0.1) is 0 Å². The lowest BCUT2D eigenvalue weighted by Gasteiger charge is -2.11. The van der Waals surface area contributed by atoms with Gasteiger partial charge in [-0.3, -0.25) is 9.59 Å². The first-order valence-corrected chi connectivity index (χ1v) is 8.99. The van der Waals surface area contributed by atoms with Crippen LogP contribution in [0.15, 0.2) is 47.7 Å². The Morgan fingerprint density at radius 2 is 2.21 bits per heavy atom. The number of anilines is 2. The van der Waals surface area contributed by atoms with Crippen molar-refractivity contribution in [3.63, 3.8) is 0 Å². The molecule has 0 radical (unpaired) electrons. The Hall–Kier alpha value is -3.39. The third kappa shape index (κ3) is 3.29. The molecule has 0 unspecified atom stereocenters. The van der Waals surface area contributed by atoms with E-state index in [1.54, 1.807) is 11.5 Å². The SMILES string of the molecule is CCOC(=O)Cn1ccc2c(Nc3nc(Cl)cc4nc[nH]c(=O)c34)cccc21. The molecule has 4 aromatic rings. The second-order valence-electron chi connectivity index (χ2n) is 6.03. The number of rotatable bonds is 5. The van der Waals surface area contributed by atoms with Crippen molar-refractivity contribution in [1.82, 2.24) is 19.5 Å². The zero-order valence-electron chi connectivity index (χ0n) is 14.9. The van der Waals surface area contributed by atoms with E-state index < -0.39 is 0 Å². The average molecular weight is 398 g/mol. The molecular weight excluding hydrogens is 382 g/mol. The molecule has 0 aliphatic carbocycles. The quantitative estimate of drug-likeness (QED) is 0.396. The molecule has 0 fully saturated rings. The zero-order valence-corrected chi connectivity index (χ0v) is 15.7. The Kier molecular flexibility index (Phi) is 4.70. The minimum atomic E-state index is -0.316. The lowest BCUT2D eigenvalue weighted by Crippen LogP contribution is -2.12. The minimum absolute atomic E-state index is 0.114. The number of esters is 1. The fourth-order valence-electron chi connectivity index (χ4n) is 3.09. The largest absolute Gasteiger partial charge is 0.465 e. The van der Waals surface area contributed by atoms with Gasteiger partial charge in [0.25, 0.3) is 5.56 Å². The van der Waals surface area contributed by atoms with Gasteiger partial charge in [-0.25, -0.2) is 9.97 Å². The first-order valence-electron chi connectivity index (χ1n) is 8.61. The molecule has 0 saturated heterocycles. The number of nitrogens with one attached hydrogen (secondary N) is 2. The van der Waals surface area contributed by atoms with Gasteiger partial charge in [-0.05, 0) is 25.1 Å². The molecular formula is C19H16ClN5O3. The van der Waals surface area contributed by atoms with Crippen LogP contribution in [-0.2, 0) is 16.1 Å². The molecule has 3 aromatic heterocycles. The first kappa shape index (κ1) is 18.0. The predicted octanol–water partition coefficient (Wildman–Crippen LogP) is 3.23. The Balaban J connectivity index is 1.77. The number of nitrogens with zero attached hydrogens (tertiary/aromatic N) is 3. The number of fused-ring (bicyclic) bond motifs is 2. The van der Waals surface area contributed by atoms with Crippen LogP contribution in [0.3, 0.4) is 0 Å². The Morgan fingerprint density at radius 3 is 3.04 bits per heavy atom. The van der Waals surface area contributed by atoms with E-state index in [9.17, 15) is 9.59 Å². The predicted molar refractivity (Wildman–Crippen MR) is 107 cm³/mol. The zero-order chi connectivity index (χ0) is 19.7. The van der Waals surface area contributed by atoms with Crippen LogP contribution in [0.4, 0.5) is 11.5 Å². The van der Waals surface area contributed by atoms with Gasteiger partial charge < -0.3 is 19.6 Å². The molecule has 2 N–H and O–H groups in total. The summed E-state index contributed by atoms with van der Waals surface area (Å²) in [6.07, 6.45) is 3.13. The Labute approximate surface area is 164 Å². The summed E-state index contributed by atoms with van der Waals surface area (Å²) < 4.78 is 6.82. The van der Waals surface area contributed by atoms with Crippen molar-refractivity contribution in [1.29, 1.82) is 0 Å². The van der Waals surface area contributed by atoms with Crippen molar-refractivity contribution in [3.8, 4) is 0 Å². The maximum absolute atomic E-state index is 12.3. The molecule has 9 heteroatoms. The lowest BCUT2D eigenvalue weighted by molar-refractivity contribution is -0.143. The van der Waals surface area contributed by atoms with Crippen LogP contribution in [0.25, 0.3) is 21.8 Å². The third-order valence-corrected chi connectivity index (χ3v) is 4.46. The highest BCUT2D eigenvalue weighted by Gasteiger charge is 2.13. The smallest absolute Gasteiger partial charge is 0.325 e. The van der Waals surface area contributed by atoms with E-state index in [2.05, 4.69) is 20.3 Å². The second kappa shape index (κ2) is 7.32. The number of ether oxygens (including phenoxy) is 1. The number of pyridine rings is 1. The highest BCUT2D eigenvalue weighted by atomic mass is 35.5. The normalized spacial score (nSPS) is 11.1. The summed E-state index contributed by atoms with van der Waals surface area (Å²) in [5.41, 5.74) is 1.69. The lowest BCUT2D eigenvalue weighted by atomic mass is 10.2. The molecule has 3 heterocycles. The van der Waals surface area contributed by atoms with Gasteiger partial charge >= 0.3 is 5.97 Å². The summed E-state index contributed by atoms with van der Waals surface area (Å²) in [4.78, 5) is 35.1. The van der Waals surface area contributed by atoms with Gasteiger partial charge in [0.1, 0.15) is 22.9 Å². The summed E-state index contributed by atoms with van der Waals surface area (Å²) in [7, 11) is 0. The number of benzene rings is 1. The molecule has 0 aliphatic heterocycles. The van der Waals surface area contributed by atoms with Crippen molar-refractivity contribution in [3.05, 3.63) is 58.4 Å². The number of halogens is 1. The molecule has 8 nitrogen and oxygen atoms in total. The van der Waals surface area contributed by atoms with Crippen LogP contribution in [0.2, 0.25) is 5.15 Å². The Bertz CT molecular complexity index is 1250. The van der Waals surface area contributed by atoms with Crippen molar-refractivity contribution < 1.29 is 9.53 Å². The third-order valence-electron chi connectivity index (χ3n) is 4.27.